The van der Waals surface area contributed by atoms with Gasteiger partial charge in [0.2, 0.25) is 0 Å². The van der Waals surface area contributed by atoms with Crippen LogP contribution in [0.2, 0.25) is 0 Å². The maximum atomic E-state index is 6.09. The molecule has 3 heteroatoms. The largest absolute Gasteiger partial charge is 0.497 e. The molecule has 2 aliphatic rings. The zero-order valence-corrected chi connectivity index (χ0v) is 23.1. The molecule has 40 heavy (non-hydrogen) atoms. The monoisotopic (exact) mass is 524 g/mol. The van der Waals surface area contributed by atoms with Crippen molar-refractivity contribution < 1.29 is 4.74 Å². The molecule has 0 atom stereocenters. The number of methoxy groups -OCH3 is 1. The van der Waals surface area contributed by atoms with E-state index in [4.69, 9.17) is 10.5 Å². The summed E-state index contributed by atoms with van der Waals surface area (Å²) in [6, 6.07) is 34.0. The number of rotatable bonds is 4. The SMILES string of the molecule is COc1ccc(CC2=CC=CN(c3ccccc3)C2)cc1.Nc1cccc2c1ccc1c3c(ccc12)CCCC3. The summed E-state index contributed by atoms with van der Waals surface area (Å²) in [7, 11) is 1.70. The number of hydrogen-bond donors (Lipinski definition) is 1. The minimum atomic E-state index is 0.872. The second-order valence-electron chi connectivity index (χ2n) is 10.7. The quantitative estimate of drug-likeness (QED) is 0.189. The standard InChI is InChI=1S/C19H19NO.C18H17N/c1-21-19-11-9-16(10-12-19)14-17-6-5-13-20(15-17)18-7-3-2-4-8-18;19-18-7-3-6-14-16-9-8-12-4-1-2-5-13(12)15(16)10-11-17(14)18/h2-13H,14-15H2,1H3;3,6-11H,1-2,4-5,19H2. The fourth-order valence-corrected chi connectivity index (χ4v) is 5.98. The Labute approximate surface area is 237 Å². The minimum Gasteiger partial charge on any atom is -0.497 e. The highest BCUT2D eigenvalue weighted by Crippen LogP contribution is 2.34. The van der Waals surface area contributed by atoms with Crippen molar-refractivity contribution in [3.63, 3.8) is 0 Å². The summed E-state index contributed by atoms with van der Waals surface area (Å²) in [6.07, 6.45) is 12.5. The third-order valence-corrected chi connectivity index (χ3v) is 8.07. The summed E-state index contributed by atoms with van der Waals surface area (Å²) >= 11 is 0. The van der Waals surface area contributed by atoms with Crippen LogP contribution >= 0.6 is 0 Å². The number of nitrogen functional groups attached to an aromatic ring is 1. The Bertz CT molecular complexity index is 1680. The van der Waals surface area contributed by atoms with E-state index >= 15 is 0 Å². The van der Waals surface area contributed by atoms with E-state index in [0.717, 1.165) is 24.4 Å². The zero-order valence-electron chi connectivity index (χ0n) is 23.1. The van der Waals surface area contributed by atoms with E-state index in [1.54, 1.807) is 18.2 Å². The third-order valence-electron chi connectivity index (χ3n) is 8.07. The van der Waals surface area contributed by atoms with Crippen LogP contribution in [-0.4, -0.2) is 13.7 Å². The van der Waals surface area contributed by atoms with Crippen LogP contribution < -0.4 is 15.4 Å². The molecule has 1 heterocycles. The van der Waals surface area contributed by atoms with Crippen molar-refractivity contribution in [2.75, 3.05) is 24.3 Å². The number of ether oxygens (including phenoxy) is 1. The molecule has 1 aliphatic carbocycles. The lowest BCUT2D eigenvalue weighted by molar-refractivity contribution is 0.414. The molecule has 0 saturated heterocycles. The number of nitrogens with two attached hydrogens (primary N) is 1. The van der Waals surface area contributed by atoms with E-state index in [1.165, 1.54) is 64.1 Å². The van der Waals surface area contributed by atoms with E-state index in [2.05, 4.69) is 96.0 Å². The number of para-hydroxylation sites is 1. The van der Waals surface area contributed by atoms with Crippen LogP contribution in [-0.2, 0) is 19.3 Å². The molecule has 0 fully saturated rings. The predicted octanol–water partition coefficient (Wildman–Crippen LogP) is 8.65. The molecule has 0 amide bonds. The molecule has 200 valence electrons. The number of hydrogen-bond acceptors (Lipinski definition) is 3. The molecular weight excluding hydrogens is 488 g/mol. The Hall–Kier alpha value is -4.50. The number of anilines is 2. The number of allylic oxidation sites excluding steroid dienone is 2. The summed E-state index contributed by atoms with van der Waals surface area (Å²) < 4.78 is 5.20. The highest BCUT2D eigenvalue weighted by atomic mass is 16.5. The lowest BCUT2D eigenvalue weighted by atomic mass is 9.86. The Balaban J connectivity index is 0.000000145. The van der Waals surface area contributed by atoms with Crippen LogP contribution in [0.25, 0.3) is 21.5 Å². The van der Waals surface area contributed by atoms with Crippen LogP contribution in [0.1, 0.15) is 29.5 Å². The van der Waals surface area contributed by atoms with Crippen molar-refractivity contribution in [3.8, 4) is 5.75 Å². The van der Waals surface area contributed by atoms with E-state index in [1.807, 2.05) is 24.3 Å². The summed E-state index contributed by atoms with van der Waals surface area (Å²) in [6.45, 7) is 0.937. The van der Waals surface area contributed by atoms with Crippen LogP contribution in [0.4, 0.5) is 11.4 Å². The number of benzene rings is 5. The molecule has 0 aromatic heterocycles. The Morgan fingerprint density at radius 2 is 1.48 bits per heavy atom. The summed E-state index contributed by atoms with van der Waals surface area (Å²) in [4.78, 5) is 2.28. The second kappa shape index (κ2) is 11.7. The van der Waals surface area contributed by atoms with Gasteiger partial charge in [-0.25, -0.2) is 0 Å². The maximum Gasteiger partial charge on any atom is 0.118 e. The molecule has 0 saturated carbocycles. The lowest BCUT2D eigenvalue weighted by Crippen LogP contribution is -2.22. The molecule has 0 unspecified atom stereocenters. The van der Waals surface area contributed by atoms with Gasteiger partial charge in [-0.2, -0.15) is 0 Å². The van der Waals surface area contributed by atoms with Gasteiger partial charge in [0.1, 0.15) is 5.75 Å². The first-order valence-electron chi connectivity index (χ1n) is 14.2. The average Bonchev–Trinajstić information content (AvgIpc) is 3.02. The highest BCUT2D eigenvalue weighted by molar-refractivity contribution is 6.12. The van der Waals surface area contributed by atoms with Gasteiger partial charge in [-0.05, 0) is 107 Å². The van der Waals surface area contributed by atoms with Gasteiger partial charge in [-0.1, -0.05) is 72.8 Å². The van der Waals surface area contributed by atoms with Gasteiger partial charge in [0.25, 0.3) is 0 Å². The van der Waals surface area contributed by atoms with E-state index in [-0.39, 0.29) is 0 Å². The average molecular weight is 525 g/mol. The van der Waals surface area contributed by atoms with Crippen molar-refractivity contribution in [1.29, 1.82) is 0 Å². The highest BCUT2D eigenvalue weighted by Gasteiger charge is 2.14. The van der Waals surface area contributed by atoms with Crippen LogP contribution in [0.3, 0.4) is 0 Å². The predicted molar refractivity (Wildman–Crippen MR) is 170 cm³/mol. The maximum absolute atomic E-state index is 6.09. The fourth-order valence-electron chi connectivity index (χ4n) is 5.98. The molecular formula is C37H36N2O. The van der Waals surface area contributed by atoms with E-state index in [0.29, 0.717) is 0 Å². The van der Waals surface area contributed by atoms with Crippen molar-refractivity contribution in [3.05, 3.63) is 138 Å². The number of fused-ring (bicyclic) bond motifs is 5. The first kappa shape index (κ1) is 25.8. The van der Waals surface area contributed by atoms with Crippen molar-refractivity contribution in [2.24, 2.45) is 0 Å². The molecule has 3 nitrogen and oxygen atoms in total. The van der Waals surface area contributed by atoms with Crippen LogP contribution in [0.5, 0.6) is 5.75 Å². The Morgan fingerprint density at radius 3 is 2.30 bits per heavy atom. The first-order valence-corrected chi connectivity index (χ1v) is 14.2. The van der Waals surface area contributed by atoms with E-state index < -0.39 is 0 Å². The smallest absolute Gasteiger partial charge is 0.118 e. The van der Waals surface area contributed by atoms with Gasteiger partial charge in [-0.3, -0.25) is 0 Å². The molecule has 5 aromatic carbocycles. The van der Waals surface area contributed by atoms with Gasteiger partial charge in [0, 0.05) is 29.5 Å². The zero-order chi connectivity index (χ0) is 27.3. The second-order valence-corrected chi connectivity index (χ2v) is 10.7. The minimum absolute atomic E-state index is 0.872. The lowest BCUT2D eigenvalue weighted by Gasteiger charge is -2.25. The fraction of sp³-hybridized carbons (Fsp3) is 0.189. The van der Waals surface area contributed by atoms with Gasteiger partial charge in [0.15, 0.2) is 0 Å². The number of nitrogens with zero attached hydrogens (tertiary/aromatic N) is 1. The van der Waals surface area contributed by atoms with Crippen LogP contribution in [0.15, 0.2) is 121 Å². The molecule has 1 aliphatic heterocycles. The third kappa shape index (κ3) is 5.46. The topological polar surface area (TPSA) is 38.5 Å². The molecule has 0 bridgehead atoms. The van der Waals surface area contributed by atoms with Crippen molar-refractivity contribution in [2.45, 2.75) is 32.1 Å². The van der Waals surface area contributed by atoms with Crippen LogP contribution in [0, 0.1) is 0 Å². The Morgan fingerprint density at radius 1 is 0.725 bits per heavy atom. The van der Waals surface area contributed by atoms with Crippen molar-refractivity contribution in [1.82, 2.24) is 0 Å². The summed E-state index contributed by atoms with van der Waals surface area (Å²) in [5.41, 5.74) is 14.0. The van der Waals surface area contributed by atoms with Crippen molar-refractivity contribution >= 4 is 32.9 Å². The normalized spacial score (nSPS) is 14.3. The van der Waals surface area contributed by atoms with E-state index in [9.17, 15) is 0 Å². The first-order chi connectivity index (χ1) is 19.7. The molecule has 7 rings (SSSR count). The summed E-state index contributed by atoms with van der Waals surface area (Å²) in [5, 5.41) is 5.23. The molecule has 2 N–H and O–H groups in total. The van der Waals surface area contributed by atoms with Gasteiger partial charge in [0.05, 0.1) is 7.11 Å². The molecule has 0 radical (unpaired) electrons. The van der Waals surface area contributed by atoms with Gasteiger partial charge < -0.3 is 15.4 Å². The Kier molecular flexibility index (Phi) is 7.54. The van der Waals surface area contributed by atoms with Gasteiger partial charge in [-0.15, -0.1) is 0 Å². The number of aryl methyl sites for hydroxylation is 2. The summed E-state index contributed by atoms with van der Waals surface area (Å²) in [5.74, 6) is 0.905. The van der Waals surface area contributed by atoms with Gasteiger partial charge >= 0.3 is 0 Å². The molecule has 5 aromatic rings. The molecule has 0 spiro atoms.